The molecule has 0 bridgehead atoms. The number of halogens is 1. The van der Waals surface area contributed by atoms with Crippen LogP contribution in [0.15, 0.2) is 18.2 Å². The Morgan fingerprint density at radius 2 is 1.82 bits per heavy atom. The van der Waals surface area contributed by atoms with Crippen molar-refractivity contribution in [3.63, 3.8) is 0 Å². The van der Waals surface area contributed by atoms with Crippen molar-refractivity contribution in [2.75, 3.05) is 26.4 Å². The summed E-state index contributed by atoms with van der Waals surface area (Å²) < 4.78 is 10.7. The summed E-state index contributed by atoms with van der Waals surface area (Å²) in [6.07, 6.45) is 3.83. The van der Waals surface area contributed by atoms with Gasteiger partial charge in [0.05, 0.1) is 0 Å². The molecule has 4 heteroatoms. The molecular formula is C13H18ClNO2. The molecule has 0 saturated carbocycles. The Bertz CT molecular complexity index is 378. The molecule has 0 atom stereocenters. The Labute approximate surface area is 108 Å². The van der Waals surface area contributed by atoms with Gasteiger partial charge in [-0.15, -0.1) is 12.4 Å². The van der Waals surface area contributed by atoms with Gasteiger partial charge in [0, 0.05) is 6.54 Å². The molecule has 2 aliphatic rings. The maximum absolute atomic E-state index is 5.38. The molecule has 0 aliphatic carbocycles. The molecule has 0 unspecified atom stereocenters. The van der Waals surface area contributed by atoms with Crippen LogP contribution in [0.2, 0.25) is 0 Å². The monoisotopic (exact) mass is 255 g/mol. The number of fused-ring (bicyclic) bond motifs is 1. The number of hydrogen-bond donors (Lipinski definition) is 0. The molecular weight excluding hydrogens is 238 g/mol. The number of rotatable bonds is 3. The molecule has 1 aromatic rings. The van der Waals surface area contributed by atoms with Crippen molar-refractivity contribution in [2.24, 2.45) is 0 Å². The standard InChI is InChI=1S/C13H17NO2.ClH/c1-2-7-14(6-1)8-5-11-3-4-12-13(9-11)16-10-15-12;/h3-4,9H,1-2,5-8,10H2;1H. The fourth-order valence-electron chi connectivity index (χ4n) is 2.39. The summed E-state index contributed by atoms with van der Waals surface area (Å²) in [5.74, 6) is 1.78. The van der Waals surface area contributed by atoms with E-state index in [1.54, 1.807) is 0 Å². The maximum atomic E-state index is 5.38. The fraction of sp³-hybridized carbons (Fsp3) is 0.538. The van der Waals surface area contributed by atoms with Gasteiger partial charge in [0.2, 0.25) is 6.79 Å². The van der Waals surface area contributed by atoms with E-state index in [0.29, 0.717) is 6.79 Å². The molecule has 0 N–H and O–H groups in total. The van der Waals surface area contributed by atoms with Crippen LogP contribution in [0, 0.1) is 0 Å². The molecule has 3 nitrogen and oxygen atoms in total. The highest BCUT2D eigenvalue weighted by Gasteiger charge is 2.14. The van der Waals surface area contributed by atoms with Crippen LogP contribution in [0.3, 0.4) is 0 Å². The third-order valence-corrected chi connectivity index (χ3v) is 3.35. The lowest BCUT2D eigenvalue weighted by atomic mass is 10.1. The summed E-state index contributed by atoms with van der Waals surface area (Å²) in [5.41, 5.74) is 1.34. The van der Waals surface area contributed by atoms with E-state index in [2.05, 4.69) is 17.0 Å². The Morgan fingerprint density at radius 1 is 1.06 bits per heavy atom. The molecule has 2 aliphatic heterocycles. The van der Waals surface area contributed by atoms with Crippen LogP contribution in [0.5, 0.6) is 11.5 Å². The lowest BCUT2D eigenvalue weighted by Crippen LogP contribution is -2.21. The minimum absolute atomic E-state index is 0. The molecule has 1 aromatic carbocycles. The zero-order chi connectivity index (χ0) is 10.8. The first kappa shape index (κ1) is 12.5. The van der Waals surface area contributed by atoms with Crippen LogP contribution in [-0.2, 0) is 6.42 Å². The second kappa shape index (κ2) is 5.61. The first-order valence-electron chi connectivity index (χ1n) is 6.03. The van der Waals surface area contributed by atoms with Crippen molar-refractivity contribution in [3.8, 4) is 11.5 Å². The van der Waals surface area contributed by atoms with Crippen molar-refractivity contribution in [1.82, 2.24) is 4.90 Å². The zero-order valence-corrected chi connectivity index (χ0v) is 10.7. The first-order valence-corrected chi connectivity index (χ1v) is 6.03. The summed E-state index contributed by atoms with van der Waals surface area (Å²) in [4.78, 5) is 2.53. The van der Waals surface area contributed by atoms with Gasteiger partial charge in [0.1, 0.15) is 0 Å². The molecule has 3 rings (SSSR count). The first-order chi connectivity index (χ1) is 7.92. The van der Waals surface area contributed by atoms with E-state index in [9.17, 15) is 0 Å². The van der Waals surface area contributed by atoms with Gasteiger partial charge < -0.3 is 14.4 Å². The number of likely N-dealkylation sites (tertiary alicyclic amines) is 1. The normalized spacial score (nSPS) is 18.1. The molecule has 0 aromatic heterocycles. The minimum atomic E-state index is 0. The average Bonchev–Trinajstić information content (AvgIpc) is 2.97. The van der Waals surface area contributed by atoms with E-state index in [4.69, 9.17) is 9.47 Å². The Balaban J connectivity index is 0.00000108. The molecule has 94 valence electrons. The van der Waals surface area contributed by atoms with Gasteiger partial charge in [-0.1, -0.05) is 6.07 Å². The van der Waals surface area contributed by atoms with Gasteiger partial charge in [-0.25, -0.2) is 0 Å². The van der Waals surface area contributed by atoms with E-state index in [1.807, 2.05) is 6.07 Å². The molecule has 2 heterocycles. The van der Waals surface area contributed by atoms with Crippen LogP contribution in [0.25, 0.3) is 0 Å². The van der Waals surface area contributed by atoms with Crippen LogP contribution >= 0.6 is 12.4 Å². The predicted octanol–water partition coefficient (Wildman–Crippen LogP) is 2.48. The third-order valence-electron chi connectivity index (χ3n) is 3.35. The van der Waals surface area contributed by atoms with Gasteiger partial charge in [0.25, 0.3) is 0 Å². The van der Waals surface area contributed by atoms with Gasteiger partial charge in [0.15, 0.2) is 11.5 Å². The highest BCUT2D eigenvalue weighted by molar-refractivity contribution is 5.85. The van der Waals surface area contributed by atoms with E-state index >= 15 is 0 Å². The topological polar surface area (TPSA) is 21.7 Å². The van der Waals surface area contributed by atoms with Crippen molar-refractivity contribution >= 4 is 12.4 Å². The molecule has 0 amide bonds. The van der Waals surface area contributed by atoms with E-state index < -0.39 is 0 Å². The van der Waals surface area contributed by atoms with Crippen molar-refractivity contribution in [2.45, 2.75) is 19.3 Å². The Kier molecular flexibility index (Phi) is 4.13. The van der Waals surface area contributed by atoms with E-state index in [1.165, 1.54) is 38.0 Å². The molecule has 1 saturated heterocycles. The molecule has 1 fully saturated rings. The summed E-state index contributed by atoms with van der Waals surface area (Å²) in [6.45, 7) is 4.07. The van der Waals surface area contributed by atoms with Crippen LogP contribution in [-0.4, -0.2) is 31.3 Å². The number of hydrogen-bond acceptors (Lipinski definition) is 3. The van der Waals surface area contributed by atoms with Crippen LogP contribution in [0.1, 0.15) is 18.4 Å². The number of benzene rings is 1. The summed E-state index contributed by atoms with van der Waals surface area (Å²) in [5, 5.41) is 0. The minimum Gasteiger partial charge on any atom is -0.454 e. The van der Waals surface area contributed by atoms with Crippen molar-refractivity contribution < 1.29 is 9.47 Å². The lowest BCUT2D eigenvalue weighted by molar-refractivity contribution is 0.174. The highest BCUT2D eigenvalue weighted by Crippen LogP contribution is 2.32. The third kappa shape index (κ3) is 2.85. The average molecular weight is 256 g/mol. The van der Waals surface area contributed by atoms with Crippen molar-refractivity contribution in [3.05, 3.63) is 23.8 Å². The van der Waals surface area contributed by atoms with E-state index in [-0.39, 0.29) is 12.4 Å². The highest BCUT2D eigenvalue weighted by atomic mass is 35.5. The summed E-state index contributed by atoms with van der Waals surface area (Å²) in [7, 11) is 0. The Hall–Kier alpha value is -0.930. The van der Waals surface area contributed by atoms with Gasteiger partial charge >= 0.3 is 0 Å². The smallest absolute Gasteiger partial charge is 0.231 e. The van der Waals surface area contributed by atoms with Crippen molar-refractivity contribution in [1.29, 1.82) is 0 Å². The number of nitrogens with zero attached hydrogens (tertiary/aromatic N) is 1. The van der Waals surface area contributed by atoms with Crippen LogP contribution < -0.4 is 9.47 Å². The predicted molar refractivity (Wildman–Crippen MR) is 69.2 cm³/mol. The second-order valence-electron chi connectivity index (χ2n) is 4.49. The molecule has 0 spiro atoms. The van der Waals surface area contributed by atoms with Crippen LogP contribution in [0.4, 0.5) is 0 Å². The quantitative estimate of drug-likeness (QED) is 0.828. The SMILES string of the molecule is Cl.c1cc2c(cc1CCN1CCCC1)OCO2. The Morgan fingerprint density at radius 3 is 2.65 bits per heavy atom. The zero-order valence-electron chi connectivity index (χ0n) is 9.85. The molecule has 0 radical (unpaired) electrons. The molecule has 17 heavy (non-hydrogen) atoms. The lowest BCUT2D eigenvalue weighted by Gasteiger charge is -2.14. The second-order valence-corrected chi connectivity index (χ2v) is 4.49. The number of ether oxygens (including phenoxy) is 2. The maximum Gasteiger partial charge on any atom is 0.231 e. The van der Waals surface area contributed by atoms with Gasteiger partial charge in [-0.05, 0) is 50.0 Å². The largest absolute Gasteiger partial charge is 0.454 e. The fourth-order valence-corrected chi connectivity index (χ4v) is 2.39. The van der Waals surface area contributed by atoms with Gasteiger partial charge in [-0.3, -0.25) is 0 Å². The summed E-state index contributed by atoms with van der Waals surface area (Å²) >= 11 is 0. The van der Waals surface area contributed by atoms with Gasteiger partial charge in [-0.2, -0.15) is 0 Å². The summed E-state index contributed by atoms with van der Waals surface area (Å²) in [6, 6.07) is 6.27. The van der Waals surface area contributed by atoms with E-state index in [0.717, 1.165) is 17.9 Å².